The minimum absolute atomic E-state index is 0. The highest BCUT2D eigenvalue weighted by Crippen LogP contribution is 2.35. The molecule has 2 aromatic rings. The molecule has 26 heavy (non-hydrogen) atoms. The van der Waals surface area contributed by atoms with E-state index in [-0.39, 0.29) is 30.4 Å². The molecule has 1 aliphatic heterocycles. The van der Waals surface area contributed by atoms with Crippen LogP contribution >= 0.6 is 24.8 Å². The first-order valence-electron chi connectivity index (χ1n) is 8.32. The molecule has 2 heterocycles. The van der Waals surface area contributed by atoms with Gasteiger partial charge in [-0.15, -0.1) is 24.8 Å². The monoisotopic (exact) mass is 403 g/mol. The standard InChI is InChI=1S/C18H25N3O3.2ClH/c1-21(2)11-12-9-14-16(15(10-12)24-8-7-23-3)17-13(18(22)20-14)5-4-6-19-17;;/h9-10,19H,4-8,11H2,1-3H3,(H,20,22);2*1H. The van der Waals surface area contributed by atoms with Gasteiger partial charge in [0.2, 0.25) is 0 Å². The van der Waals surface area contributed by atoms with Crippen molar-refractivity contribution in [2.45, 2.75) is 19.4 Å². The Morgan fingerprint density at radius 2 is 1.96 bits per heavy atom. The van der Waals surface area contributed by atoms with E-state index in [0.29, 0.717) is 13.2 Å². The summed E-state index contributed by atoms with van der Waals surface area (Å²) in [6.45, 7) is 2.66. The van der Waals surface area contributed by atoms with Crippen LogP contribution in [0.4, 0.5) is 5.69 Å². The maximum absolute atomic E-state index is 12.4. The van der Waals surface area contributed by atoms with E-state index in [9.17, 15) is 4.79 Å². The van der Waals surface area contributed by atoms with Crippen LogP contribution in [-0.2, 0) is 17.7 Å². The molecule has 0 saturated heterocycles. The quantitative estimate of drug-likeness (QED) is 0.725. The van der Waals surface area contributed by atoms with Crippen molar-refractivity contribution in [1.82, 2.24) is 9.88 Å². The van der Waals surface area contributed by atoms with Gasteiger partial charge in [-0.3, -0.25) is 4.79 Å². The van der Waals surface area contributed by atoms with Crippen LogP contribution in [0.25, 0.3) is 10.9 Å². The van der Waals surface area contributed by atoms with Gasteiger partial charge in [0.1, 0.15) is 12.4 Å². The average molecular weight is 404 g/mol. The molecule has 0 radical (unpaired) electrons. The number of anilines is 1. The van der Waals surface area contributed by atoms with Crippen molar-refractivity contribution in [2.75, 3.05) is 46.3 Å². The number of aromatic nitrogens is 1. The number of H-pyrrole nitrogens is 1. The lowest BCUT2D eigenvalue weighted by atomic mass is 9.99. The third kappa shape index (κ3) is 4.82. The second-order valence-corrected chi connectivity index (χ2v) is 6.43. The van der Waals surface area contributed by atoms with Crippen molar-refractivity contribution in [1.29, 1.82) is 0 Å². The molecule has 8 heteroatoms. The van der Waals surface area contributed by atoms with E-state index >= 15 is 0 Å². The van der Waals surface area contributed by atoms with Crippen LogP contribution in [0, 0.1) is 0 Å². The molecule has 6 nitrogen and oxygen atoms in total. The number of hydrogen-bond donors (Lipinski definition) is 2. The van der Waals surface area contributed by atoms with E-state index in [4.69, 9.17) is 9.47 Å². The minimum atomic E-state index is -0.00505. The number of hydrogen-bond acceptors (Lipinski definition) is 5. The van der Waals surface area contributed by atoms with Crippen molar-refractivity contribution in [3.63, 3.8) is 0 Å². The molecule has 0 bridgehead atoms. The number of halogens is 2. The Morgan fingerprint density at radius 3 is 2.65 bits per heavy atom. The summed E-state index contributed by atoms with van der Waals surface area (Å²) in [6, 6.07) is 4.10. The Balaban J connectivity index is 0.00000169. The van der Waals surface area contributed by atoms with E-state index < -0.39 is 0 Å². The Morgan fingerprint density at radius 1 is 1.19 bits per heavy atom. The molecule has 3 rings (SSSR count). The third-order valence-corrected chi connectivity index (χ3v) is 4.19. The Labute approximate surface area is 166 Å². The average Bonchev–Trinajstić information content (AvgIpc) is 2.54. The van der Waals surface area contributed by atoms with E-state index in [2.05, 4.69) is 21.3 Å². The number of ether oxygens (including phenoxy) is 2. The lowest BCUT2D eigenvalue weighted by Gasteiger charge is -2.22. The maximum atomic E-state index is 12.4. The summed E-state index contributed by atoms with van der Waals surface area (Å²) < 4.78 is 11.1. The third-order valence-electron chi connectivity index (χ3n) is 4.19. The predicted octanol–water partition coefficient (Wildman–Crippen LogP) is 2.82. The molecule has 1 aromatic carbocycles. The zero-order valence-corrected chi connectivity index (χ0v) is 17.0. The lowest BCUT2D eigenvalue weighted by Crippen LogP contribution is -2.23. The fourth-order valence-corrected chi connectivity index (χ4v) is 3.21. The van der Waals surface area contributed by atoms with Gasteiger partial charge in [0, 0.05) is 25.8 Å². The van der Waals surface area contributed by atoms with Crippen LogP contribution < -0.4 is 15.6 Å². The first-order valence-corrected chi connectivity index (χ1v) is 8.32. The first-order chi connectivity index (χ1) is 11.6. The van der Waals surface area contributed by atoms with E-state index in [0.717, 1.165) is 59.4 Å². The van der Waals surface area contributed by atoms with E-state index in [1.54, 1.807) is 7.11 Å². The summed E-state index contributed by atoms with van der Waals surface area (Å²) in [6.07, 6.45) is 1.77. The molecule has 2 N–H and O–H groups in total. The van der Waals surface area contributed by atoms with Gasteiger partial charge < -0.3 is 24.7 Å². The number of methoxy groups -OCH3 is 1. The number of pyridine rings is 1. The highest BCUT2D eigenvalue weighted by Gasteiger charge is 2.20. The van der Waals surface area contributed by atoms with Gasteiger partial charge in [-0.25, -0.2) is 0 Å². The number of nitrogens with zero attached hydrogens (tertiary/aromatic N) is 1. The molecule has 0 spiro atoms. The van der Waals surface area contributed by atoms with Crippen molar-refractivity contribution >= 4 is 41.4 Å². The van der Waals surface area contributed by atoms with Crippen molar-refractivity contribution in [3.05, 3.63) is 33.6 Å². The Kier molecular flexibility index (Phi) is 8.70. The van der Waals surface area contributed by atoms with Crippen LogP contribution in [0.15, 0.2) is 16.9 Å². The predicted molar refractivity (Wildman–Crippen MR) is 111 cm³/mol. The molecule has 0 aliphatic carbocycles. The fraction of sp³-hybridized carbons (Fsp3) is 0.500. The molecular weight excluding hydrogens is 377 g/mol. The molecule has 0 fully saturated rings. The second kappa shape index (κ2) is 10.0. The van der Waals surface area contributed by atoms with E-state index in [1.165, 1.54) is 0 Å². The van der Waals surface area contributed by atoms with Crippen LogP contribution in [0.3, 0.4) is 0 Å². The zero-order chi connectivity index (χ0) is 17.1. The highest BCUT2D eigenvalue weighted by molar-refractivity contribution is 5.98. The molecule has 0 amide bonds. The van der Waals surface area contributed by atoms with Gasteiger partial charge in [0.15, 0.2) is 0 Å². The molecule has 146 valence electrons. The van der Waals surface area contributed by atoms with Gasteiger partial charge >= 0.3 is 0 Å². The van der Waals surface area contributed by atoms with Crippen molar-refractivity contribution in [2.24, 2.45) is 0 Å². The number of rotatable bonds is 6. The molecule has 1 aliphatic rings. The van der Waals surface area contributed by atoms with E-state index in [1.807, 2.05) is 20.2 Å². The van der Waals surface area contributed by atoms with Crippen LogP contribution in [0.1, 0.15) is 17.5 Å². The Hall–Kier alpha value is -1.47. The number of fused-ring (bicyclic) bond motifs is 3. The van der Waals surface area contributed by atoms with Crippen molar-refractivity contribution in [3.8, 4) is 5.75 Å². The van der Waals surface area contributed by atoms with Crippen LogP contribution in [0.2, 0.25) is 0 Å². The minimum Gasteiger partial charge on any atom is -0.490 e. The normalized spacial score (nSPS) is 12.8. The van der Waals surface area contributed by atoms with Gasteiger partial charge in [0.05, 0.1) is 23.2 Å². The number of nitrogens with one attached hydrogen (secondary N) is 2. The van der Waals surface area contributed by atoms with Gasteiger partial charge in [-0.1, -0.05) is 0 Å². The maximum Gasteiger partial charge on any atom is 0.253 e. The van der Waals surface area contributed by atoms with Crippen LogP contribution in [0.5, 0.6) is 5.75 Å². The summed E-state index contributed by atoms with van der Waals surface area (Å²) in [7, 11) is 5.70. The SMILES string of the molecule is COCCOc1cc(CN(C)C)cc2[nH]c(=O)c3c(c12)NCCC3.Cl.Cl. The summed E-state index contributed by atoms with van der Waals surface area (Å²) in [5.41, 5.74) is 3.66. The highest BCUT2D eigenvalue weighted by atomic mass is 35.5. The van der Waals surface area contributed by atoms with Crippen molar-refractivity contribution < 1.29 is 9.47 Å². The molecule has 0 saturated carbocycles. The molecular formula is C18H27Cl2N3O3. The molecule has 1 aromatic heterocycles. The summed E-state index contributed by atoms with van der Waals surface area (Å²) in [4.78, 5) is 17.5. The summed E-state index contributed by atoms with van der Waals surface area (Å²) in [5.74, 6) is 0.795. The Bertz CT molecular complexity index is 793. The lowest BCUT2D eigenvalue weighted by molar-refractivity contribution is 0.147. The van der Waals surface area contributed by atoms with Gasteiger partial charge in [0.25, 0.3) is 5.56 Å². The number of aromatic amines is 1. The topological polar surface area (TPSA) is 66.6 Å². The smallest absolute Gasteiger partial charge is 0.253 e. The molecule has 0 atom stereocenters. The van der Waals surface area contributed by atoms with Gasteiger partial charge in [-0.2, -0.15) is 0 Å². The van der Waals surface area contributed by atoms with Gasteiger partial charge in [-0.05, 0) is 44.6 Å². The number of benzene rings is 1. The summed E-state index contributed by atoms with van der Waals surface area (Å²) >= 11 is 0. The molecule has 0 unspecified atom stereocenters. The second-order valence-electron chi connectivity index (χ2n) is 6.43. The van der Waals surface area contributed by atoms with Crippen LogP contribution in [-0.4, -0.2) is 50.8 Å². The largest absolute Gasteiger partial charge is 0.490 e. The zero-order valence-electron chi connectivity index (χ0n) is 15.4. The summed E-state index contributed by atoms with van der Waals surface area (Å²) in [5, 5.41) is 4.36. The first kappa shape index (κ1) is 22.6. The fourth-order valence-electron chi connectivity index (χ4n) is 3.21.